The van der Waals surface area contributed by atoms with Crippen molar-refractivity contribution in [2.45, 2.75) is 64.4 Å². The van der Waals surface area contributed by atoms with Crippen LogP contribution in [0.3, 0.4) is 0 Å². The lowest BCUT2D eigenvalue weighted by atomic mass is 9.72. The van der Waals surface area contributed by atoms with Crippen LogP contribution in [0, 0.1) is 23.6 Å². The van der Waals surface area contributed by atoms with Gasteiger partial charge in [-0.3, -0.25) is 4.79 Å². The van der Waals surface area contributed by atoms with E-state index in [2.05, 4.69) is 19.2 Å². The average molecular weight is 527 g/mol. The minimum atomic E-state index is -1.19. The van der Waals surface area contributed by atoms with E-state index < -0.39 is 5.60 Å². The number of piperidine rings is 1. The van der Waals surface area contributed by atoms with Crippen molar-refractivity contribution in [2.24, 2.45) is 17.8 Å². The van der Waals surface area contributed by atoms with E-state index in [-0.39, 0.29) is 17.6 Å². The van der Waals surface area contributed by atoms with E-state index in [9.17, 15) is 14.3 Å². The summed E-state index contributed by atoms with van der Waals surface area (Å²) < 4.78 is 20.2. The molecule has 210 valence electrons. The van der Waals surface area contributed by atoms with Crippen molar-refractivity contribution < 1.29 is 19.0 Å². The maximum Gasteiger partial charge on any atom is 0.222 e. The van der Waals surface area contributed by atoms with Crippen LogP contribution < -0.4 is 5.32 Å². The number of methoxy groups -OCH3 is 1. The molecule has 1 aliphatic heterocycles. The molecular weight excluding hydrogens is 479 g/mol. The molecule has 2 aromatic carbocycles. The van der Waals surface area contributed by atoms with Gasteiger partial charge in [-0.2, -0.15) is 0 Å². The van der Waals surface area contributed by atoms with Crippen molar-refractivity contribution in [1.29, 1.82) is 0 Å². The first-order valence-corrected chi connectivity index (χ1v) is 14.3. The number of likely N-dealkylation sites (tertiary alicyclic amines) is 1. The van der Waals surface area contributed by atoms with Crippen LogP contribution in [0.15, 0.2) is 48.5 Å². The first kappa shape index (κ1) is 30.3. The monoisotopic (exact) mass is 526 g/mol. The second-order valence-electron chi connectivity index (χ2n) is 11.3. The number of carbonyl (C=O) groups is 1. The number of unbranched alkanes of at least 4 members (excludes halogenated alkanes) is 1. The molecular formula is C32H47FN2O3. The summed E-state index contributed by atoms with van der Waals surface area (Å²) in [5, 5.41) is 15.8. The lowest BCUT2D eigenvalue weighted by Crippen LogP contribution is -2.48. The number of nitrogens with one attached hydrogen (secondary N) is 1. The summed E-state index contributed by atoms with van der Waals surface area (Å²) >= 11 is 0. The summed E-state index contributed by atoms with van der Waals surface area (Å²) in [5.74, 6) is 0.552. The Hall–Kier alpha value is -2.28. The van der Waals surface area contributed by atoms with Crippen LogP contribution >= 0.6 is 0 Å². The number of rotatable bonds is 14. The molecule has 2 aromatic rings. The number of aliphatic hydroxyl groups is 1. The third-order valence-corrected chi connectivity index (χ3v) is 7.92. The van der Waals surface area contributed by atoms with Gasteiger partial charge in [-0.05, 0) is 81.1 Å². The highest BCUT2D eigenvalue weighted by Gasteiger charge is 2.42. The molecule has 0 bridgehead atoms. The van der Waals surface area contributed by atoms with Crippen molar-refractivity contribution in [2.75, 3.05) is 40.4 Å². The Balaban J connectivity index is 1.90. The molecule has 0 saturated carbocycles. The molecule has 0 radical (unpaired) electrons. The number of hydrogen-bond donors (Lipinski definition) is 2. The zero-order valence-electron chi connectivity index (χ0n) is 23.7. The minimum Gasteiger partial charge on any atom is -0.385 e. The summed E-state index contributed by atoms with van der Waals surface area (Å²) in [6.45, 7) is 7.07. The van der Waals surface area contributed by atoms with Gasteiger partial charge in [0.2, 0.25) is 5.91 Å². The second kappa shape index (κ2) is 14.8. The van der Waals surface area contributed by atoms with Gasteiger partial charge in [0.05, 0.1) is 5.60 Å². The molecule has 2 N–H and O–H groups in total. The molecule has 3 rings (SSSR count). The number of halogens is 1. The first-order chi connectivity index (χ1) is 18.3. The maximum absolute atomic E-state index is 14.9. The van der Waals surface area contributed by atoms with Crippen molar-refractivity contribution >= 4 is 5.91 Å². The predicted molar refractivity (Wildman–Crippen MR) is 152 cm³/mol. The molecule has 0 aliphatic carbocycles. The third-order valence-electron chi connectivity index (χ3n) is 7.92. The SMILES string of the molecule is CNC[C@@H](CC(=O)N1CCC[C@@H]([C@@](O)(CCCCOC)c2ccccc2-c2ccccc2F)C1)CC(C)C. The molecule has 1 heterocycles. The Morgan fingerprint density at radius 3 is 2.55 bits per heavy atom. The largest absolute Gasteiger partial charge is 0.385 e. The molecule has 1 amide bonds. The van der Waals surface area contributed by atoms with Gasteiger partial charge in [0.15, 0.2) is 0 Å². The Bertz CT molecular complexity index is 1010. The van der Waals surface area contributed by atoms with E-state index in [0.29, 0.717) is 49.0 Å². The van der Waals surface area contributed by atoms with Crippen LogP contribution in [-0.2, 0) is 15.1 Å². The fourth-order valence-electron chi connectivity index (χ4n) is 6.14. The van der Waals surface area contributed by atoms with Crippen molar-refractivity contribution in [3.05, 3.63) is 59.9 Å². The summed E-state index contributed by atoms with van der Waals surface area (Å²) in [4.78, 5) is 15.4. The number of benzene rings is 2. The average Bonchev–Trinajstić information content (AvgIpc) is 2.91. The maximum atomic E-state index is 14.9. The number of ether oxygens (including phenoxy) is 1. The summed E-state index contributed by atoms with van der Waals surface area (Å²) in [6.07, 6.45) is 5.33. The quantitative estimate of drug-likeness (QED) is 0.296. The van der Waals surface area contributed by atoms with E-state index in [1.54, 1.807) is 19.2 Å². The van der Waals surface area contributed by atoms with Gasteiger partial charge in [0.1, 0.15) is 5.82 Å². The van der Waals surface area contributed by atoms with Crippen molar-refractivity contribution in [1.82, 2.24) is 10.2 Å². The Morgan fingerprint density at radius 1 is 1.16 bits per heavy atom. The Morgan fingerprint density at radius 2 is 1.87 bits per heavy atom. The van der Waals surface area contributed by atoms with E-state index in [0.717, 1.165) is 50.8 Å². The molecule has 1 fully saturated rings. The van der Waals surface area contributed by atoms with E-state index in [1.807, 2.05) is 42.3 Å². The second-order valence-corrected chi connectivity index (χ2v) is 11.3. The van der Waals surface area contributed by atoms with Gasteiger partial charge < -0.3 is 20.1 Å². The molecule has 0 aromatic heterocycles. The summed E-state index contributed by atoms with van der Waals surface area (Å²) in [7, 11) is 3.62. The van der Waals surface area contributed by atoms with Gasteiger partial charge in [-0.15, -0.1) is 0 Å². The van der Waals surface area contributed by atoms with Gasteiger partial charge in [0.25, 0.3) is 0 Å². The Kier molecular flexibility index (Phi) is 11.8. The standard InChI is InChI=1S/C32H47FN2O3/c1-24(2)20-25(22-34-3)21-31(36)35-18-11-12-26(23-35)32(37,17-9-10-19-38-4)29-15-7-5-13-27(29)28-14-6-8-16-30(28)33/h5-8,13-16,24-26,34,37H,9-12,17-23H2,1-4H3/t25-,26-,32+/m1/s1. The highest BCUT2D eigenvalue weighted by Crippen LogP contribution is 2.44. The molecule has 5 nitrogen and oxygen atoms in total. The highest BCUT2D eigenvalue weighted by molar-refractivity contribution is 5.76. The number of carbonyl (C=O) groups excluding carboxylic acids is 1. The molecule has 38 heavy (non-hydrogen) atoms. The minimum absolute atomic E-state index is 0.136. The fourth-order valence-corrected chi connectivity index (χ4v) is 6.14. The third kappa shape index (κ3) is 7.87. The molecule has 0 spiro atoms. The molecule has 1 saturated heterocycles. The van der Waals surface area contributed by atoms with Crippen molar-refractivity contribution in [3.63, 3.8) is 0 Å². The van der Waals surface area contributed by atoms with Gasteiger partial charge >= 0.3 is 0 Å². The van der Waals surface area contributed by atoms with Gasteiger partial charge in [-0.25, -0.2) is 4.39 Å². The van der Waals surface area contributed by atoms with Crippen LogP contribution in [-0.4, -0.2) is 56.3 Å². The van der Waals surface area contributed by atoms with Crippen LogP contribution in [0.4, 0.5) is 4.39 Å². The number of amides is 1. The van der Waals surface area contributed by atoms with Crippen LogP contribution in [0.2, 0.25) is 0 Å². The van der Waals surface area contributed by atoms with Crippen molar-refractivity contribution in [3.8, 4) is 11.1 Å². The predicted octanol–water partition coefficient (Wildman–Crippen LogP) is 6.01. The van der Waals surface area contributed by atoms with Crippen LogP contribution in [0.25, 0.3) is 11.1 Å². The summed E-state index contributed by atoms with van der Waals surface area (Å²) in [5.41, 5.74) is 0.767. The first-order valence-electron chi connectivity index (χ1n) is 14.3. The summed E-state index contributed by atoms with van der Waals surface area (Å²) in [6, 6.07) is 14.4. The molecule has 1 aliphatic rings. The van der Waals surface area contributed by atoms with Crippen LogP contribution in [0.1, 0.15) is 64.4 Å². The molecule has 3 atom stereocenters. The van der Waals surface area contributed by atoms with Crippen LogP contribution in [0.5, 0.6) is 0 Å². The Labute approximate surface area is 228 Å². The normalized spacial score (nSPS) is 18.4. The van der Waals surface area contributed by atoms with E-state index in [1.165, 1.54) is 6.07 Å². The smallest absolute Gasteiger partial charge is 0.222 e. The highest BCUT2D eigenvalue weighted by atomic mass is 19.1. The molecule has 0 unspecified atom stereocenters. The lowest BCUT2D eigenvalue weighted by Gasteiger charge is -2.44. The van der Waals surface area contributed by atoms with E-state index >= 15 is 0 Å². The lowest BCUT2D eigenvalue weighted by molar-refractivity contribution is -0.137. The topological polar surface area (TPSA) is 61.8 Å². The molecule has 6 heteroatoms. The fraction of sp³-hybridized carbons (Fsp3) is 0.594. The van der Waals surface area contributed by atoms with E-state index in [4.69, 9.17) is 4.74 Å². The number of hydrogen-bond acceptors (Lipinski definition) is 4. The zero-order valence-corrected chi connectivity index (χ0v) is 23.7. The van der Waals surface area contributed by atoms with Gasteiger partial charge in [-0.1, -0.05) is 56.3 Å². The zero-order chi connectivity index (χ0) is 27.5. The number of nitrogens with zero attached hydrogens (tertiary/aromatic N) is 1. The van der Waals surface area contributed by atoms with Gasteiger partial charge in [0, 0.05) is 44.7 Å².